The molecule has 0 fully saturated rings. The maximum absolute atomic E-state index is 12.6. The van der Waals surface area contributed by atoms with Crippen LogP contribution in [0.2, 0.25) is 5.02 Å². The Balaban J connectivity index is 1.83. The molecule has 0 heterocycles. The first-order chi connectivity index (χ1) is 10.1. The molecule has 0 radical (unpaired) electrons. The van der Waals surface area contributed by atoms with Gasteiger partial charge in [0.05, 0.1) is 17.3 Å². The van der Waals surface area contributed by atoms with Gasteiger partial charge in [0, 0.05) is 5.02 Å². The summed E-state index contributed by atoms with van der Waals surface area (Å²) in [5.41, 5.74) is 9.40. The summed E-state index contributed by atoms with van der Waals surface area (Å²) in [4.78, 5) is 12.6. The second-order valence-corrected chi connectivity index (χ2v) is 5.80. The standard InChI is InChI=1S/C17H17ClN2O/c18-12-8-9-16(15(19)10-12)20-17(21)14-7-3-5-11-4-1-2-6-13(11)14/h1-2,4,6,8-10,14H,3,5,7,19H2,(H,20,21). The smallest absolute Gasteiger partial charge is 0.231 e. The molecule has 0 spiro atoms. The summed E-state index contributed by atoms with van der Waals surface area (Å²) in [5, 5.41) is 3.49. The van der Waals surface area contributed by atoms with Crippen molar-refractivity contribution in [3.05, 3.63) is 58.6 Å². The van der Waals surface area contributed by atoms with Crippen LogP contribution in [0.25, 0.3) is 0 Å². The highest BCUT2D eigenvalue weighted by molar-refractivity contribution is 6.31. The number of hydrogen-bond acceptors (Lipinski definition) is 2. The summed E-state index contributed by atoms with van der Waals surface area (Å²) in [6.45, 7) is 0. The summed E-state index contributed by atoms with van der Waals surface area (Å²) in [6.07, 6.45) is 2.95. The average Bonchev–Trinajstić information content (AvgIpc) is 2.49. The average molecular weight is 301 g/mol. The van der Waals surface area contributed by atoms with E-state index in [4.69, 9.17) is 17.3 Å². The third kappa shape index (κ3) is 2.88. The fraction of sp³-hybridized carbons (Fsp3) is 0.235. The Bertz CT molecular complexity index is 684. The number of hydrogen-bond donors (Lipinski definition) is 2. The number of fused-ring (bicyclic) bond motifs is 1. The number of benzene rings is 2. The van der Waals surface area contributed by atoms with E-state index < -0.39 is 0 Å². The van der Waals surface area contributed by atoms with Crippen LogP contribution >= 0.6 is 11.6 Å². The zero-order chi connectivity index (χ0) is 14.8. The fourth-order valence-electron chi connectivity index (χ4n) is 2.89. The molecule has 3 N–H and O–H groups in total. The minimum Gasteiger partial charge on any atom is -0.397 e. The molecule has 1 amide bonds. The molecule has 1 aliphatic rings. The van der Waals surface area contributed by atoms with Crippen LogP contribution in [0.4, 0.5) is 11.4 Å². The van der Waals surface area contributed by atoms with Crippen molar-refractivity contribution in [2.24, 2.45) is 0 Å². The largest absolute Gasteiger partial charge is 0.397 e. The quantitative estimate of drug-likeness (QED) is 0.824. The molecule has 0 aromatic heterocycles. The molecule has 4 heteroatoms. The van der Waals surface area contributed by atoms with E-state index in [1.807, 2.05) is 18.2 Å². The predicted octanol–water partition coefficient (Wildman–Crippen LogP) is 3.98. The highest BCUT2D eigenvalue weighted by atomic mass is 35.5. The highest BCUT2D eigenvalue weighted by Gasteiger charge is 2.26. The highest BCUT2D eigenvalue weighted by Crippen LogP contribution is 2.33. The van der Waals surface area contributed by atoms with Crippen LogP contribution in [0.1, 0.15) is 29.9 Å². The summed E-state index contributed by atoms with van der Waals surface area (Å²) in [6, 6.07) is 13.3. The molecular formula is C17H17ClN2O. The summed E-state index contributed by atoms with van der Waals surface area (Å²) >= 11 is 5.88. The zero-order valence-corrected chi connectivity index (χ0v) is 12.4. The van der Waals surface area contributed by atoms with Crippen LogP contribution in [0.5, 0.6) is 0 Å². The van der Waals surface area contributed by atoms with E-state index in [2.05, 4.69) is 11.4 Å². The van der Waals surface area contributed by atoms with Crippen LogP contribution < -0.4 is 11.1 Å². The third-order valence-corrected chi connectivity index (χ3v) is 4.19. The van der Waals surface area contributed by atoms with Crippen molar-refractivity contribution in [2.75, 3.05) is 11.1 Å². The second kappa shape index (κ2) is 5.78. The molecule has 108 valence electrons. The maximum Gasteiger partial charge on any atom is 0.231 e. The van der Waals surface area contributed by atoms with E-state index in [9.17, 15) is 4.79 Å². The molecule has 21 heavy (non-hydrogen) atoms. The minimum absolute atomic E-state index is 0.00354. The van der Waals surface area contributed by atoms with Gasteiger partial charge < -0.3 is 11.1 Å². The number of carbonyl (C=O) groups excluding carboxylic acids is 1. The zero-order valence-electron chi connectivity index (χ0n) is 11.6. The normalized spacial score (nSPS) is 17.1. The van der Waals surface area contributed by atoms with Gasteiger partial charge in [0.1, 0.15) is 0 Å². The van der Waals surface area contributed by atoms with E-state index in [0.29, 0.717) is 16.4 Å². The maximum atomic E-state index is 12.6. The third-order valence-electron chi connectivity index (χ3n) is 3.96. The molecule has 2 aromatic rings. The van der Waals surface area contributed by atoms with Crippen molar-refractivity contribution >= 4 is 28.9 Å². The van der Waals surface area contributed by atoms with Crippen LogP contribution in [-0.2, 0) is 11.2 Å². The number of carbonyl (C=O) groups is 1. The van der Waals surface area contributed by atoms with Crippen molar-refractivity contribution in [1.82, 2.24) is 0 Å². The Morgan fingerprint density at radius 2 is 2.05 bits per heavy atom. The molecule has 1 aliphatic carbocycles. The Morgan fingerprint density at radius 1 is 1.24 bits per heavy atom. The Morgan fingerprint density at radius 3 is 2.86 bits per heavy atom. The van der Waals surface area contributed by atoms with Gasteiger partial charge in [-0.1, -0.05) is 35.9 Å². The van der Waals surface area contributed by atoms with Gasteiger partial charge in [-0.25, -0.2) is 0 Å². The lowest BCUT2D eigenvalue weighted by Crippen LogP contribution is -2.25. The Kier molecular flexibility index (Phi) is 3.84. The second-order valence-electron chi connectivity index (χ2n) is 5.36. The number of halogens is 1. The van der Waals surface area contributed by atoms with Crippen LogP contribution in [-0.4, -0.2) is 5.91 Å². The van der Waals surface area contributed by atoms with Crippen molar-refractivity contribution in [3.63, 3.8) is 0 Å². The molecule has 1 unspecified atom stereocenters. The fourth-order valence-corrected chi connectivity index (χ4v) is 3.07. The Hall–Kier alpha value is -2.00. The van der Waals surface area contributed by atoms with E-state index in [0.717, 1.165) is 24.8 Å². The van der Waals surface area contributed by atoms with Crippen molar-refractivity contribution in [1.29, 1.82) is 0 Å². The topological polar surface area (TPSA) is 55.1 Å². The molecule has 0 bridgehead atoms. The van der Waals surface area contributed by atoms with Gasteiger partial charge >= 0.3 is 0 Å². The monoisotopic (exact) mass is 300 g/mol. The lowest BCUT2D eigenvalue weighted by atomic mass is 9.82. The van der Waals surface area contributed by atoms with Gasteiger partial charge in [-0.15, -0.1) is 0 Å². The molecular weight excluding hydrogens is 284 g/mol. The lowest BCUT2D eigenvalue weighted by molar-refractivity contribution is -0.117. The summed E-state index contributed by atoms with van der Waals surface area (Å²) < 4.78 is 0. The number of anilines is 2. The van der Waals surface area contributed by atoms with Crippen LogP contribution in [0, 0.1) is 0 Å². The molecule has 0 saturated carbocycles. The van der Waals surface area contributed by atoms with Gasteiger partial charge in [0.2, 0.25) is 5.91 Å². The summed E-state index contributed by atoms with van der Waals surface area (Å²) in [7, 11) is 0. The van der Waals surface area contributed by atoms with Crippen molar-refractivity contribution in [3.8, 4) is 0 Å². The number of nitrogens with two attached hydrogens (primary N) is 1. The minimum atomic E-state index is -0.106. The van der Waals surface area contributed by atoms with Crippen molar-refractivity contribution in [2.45, 2.75) is 25.2 Å². The molecule has 3 rings (SSSR count). The van der Waals surface area contributed by atoms with Gasteiger partial charge in [0.25, 0.3) is 0 Å². The Labute approximate surface area is 129 Å². The molecule has 1 atom stereocenters. The predicted molar refractivity (Wildman–Crippen MR) is 86.6 cm³/mol. The van der Waals surface area contributed by atoms with Gasteiger partial charge in [-0.2, -0.15) is 0 Å². The first kappa shape index (κ1) is 14.0. The number of nitrogens with one attached hydrogen (secondary N) is 1. The van der Waals surface area contributed by atoms with E-state index in [1.165, 1.54) is 5.56 Å². The van der Waals surface area contributed by atoms with E-state index in [-0.39, 0.29) is 11.8 Å². The lowest BCUT2D eigenvalue weighted by Gasteiger charge is -2.24. The number of amides is 1. The molecule has 0 aliphatic heterocycles. The van der Waals surface area contributed by atoms with Crippen molar-refractivity contribution < 1.29 is 4.79 Å². The van der Waals surface area contributed by atoms with Gasteiger partial charge in [0.15, 0.2) is 0 Å². The first-order valence-electron chi connectivity index (χ1n) is 7.09. The summed E-state index contributed by atoms with van der Waals surface area (Å²) in [5.74, 6) is -0.110. The molecule has 2 aromatic carbocycles. The number of rotatable bonds is 2. The number of aryl methyl sites for hydroxylation is 1. The van der Waals surface area contributed by atoms with Crippen LogP contribution in [0.15, 0.2) is 42.5 Å². The van der Waals surface area contributed by atoms with E-state index >= 15 is 0 Å². The number of nitrogen functional groups attached to an aromatic ring is 1. The SMILES string of the molecule is Nc1cc(Cl)ccc1NC(=O)C1CCCc2ccccc21. The first-order valence-corrected chi connectivity index (χ1v) is 7.46. The van der Waals surface area contributed by atoms with Gasteiger partial charge in [-0.05, 0) is 48.6 Å². The molecule has 0 saturated heterocycles. The van der Waals surface area contributed by atoms with E-state index in [1.54, 1.807) is 18.2 Å². The molecule has 3 nitrogen and oxygen atoms in total. The van der Waals surface area contributed by atoms with Crippen LogP contribution in [0.3, 0.4) is 0 Å². The van der Waals surface area contributed by atoms with Gasteiger partial charge in [-0.3, -0.25) is 4.79 Å².